The molecule has 0 radical (unpaired) electrons. The van der Waals surface area contributed by atoms with Crippen molar-refractivity contribution in [1.82, 2.24) is 5.32 Å². The Morgan fingerprint density at radius 3 is 2.10 bits per heavy atom. The molecule has 3 aromatic carbocycles. The average Bonchev–Trinajstić information content (AvgIpc) is 2.76. The molecule has 0 unspecified atom stereocenters. The van der Waals surface area contributed by atoms with E-state index in [1.807, 2.05) is 30.3 Å². The standard InChI is InChI=1S/C25H26N2O4/c1-25(2,17-28)27-23(29)16-18-8-12-20(13-9-18)26-24(30)19-10-14-22(15-11-19)31-21-6-4-3-5-7-21/h3-15,28H,16-17H2,1-2H3,(H,26,30)(H,27,29). The van der Waals surface area contributed by atoms with E-state index in [4.69, 9.17) is 4.74 Å². The second-order valence-electron chi connectivity index (χ2n) is 7.86. The largest absolute Gasteiger partial charge is 0.457 e. The number of aliphatic hydroxyl groups is 1. The number of aliphatic hydroxyl groups excluding tert-OH is 1. The third-order valence-corrected chi connectivity index (χ3v) is 4.54. The van der Waals surface area contributed by atoms with E-state index in [2.05, 4.69) is 10.6 Å². The number of nitrogens with one attached hydrogen (secondary N) is 2. The number of para-hydroxylation sites is 1. The van der Waals surface area contributed by atoms with Crippen LogP contribution in [0.2, 0.25) is 0 Å². The summed E-state index contributed by atoms with van der Waals surface area (Å²) in [5, 5.41) is 14.9. The van der Waals surface area contributed by atoms with Crippen molar-refractivity contribution in [1.29, 1.82) is 0 Å². The summed E-state index contributed by atoms with van der Waals surface area (Å²) in [5.41, 5.74) is 1.29. The average molecular weight is 418 g/mol. The van der Waals surface area contributed by atoms with E-state index in [1.54, 1.807) is 62.4 Å². The summed E-state index contributed by atoms with van der Waals surface area (Å²) in [7, 11) is 0. The molecule has 0 atom stereocenters. The molecule has 31 heavy (non-hydrogen) atoms. The molecule has 6 nitrogen and oxygen atoms in total. The molecule has 3 aromatic rings. The van der Waals surface area contributed by atoms with Gasteiger partial charge in [0, 0.05) is 11.3 Å². The van der Waals surface area contributed by atoms with Gasteiger partial charge < -0.3 is 20.5 Å². The molecule has 0 aliphatic heterocycles. The van der Waals surface area contributed by atoms with Gasteiger partial charge in [-0.1, -0.05) is 30.3 Å². The number of carbonyl (C=O) groups excluding carboxylic acids is 2. The highest BCUT2D eigenvalue weighted by atomic mass is 16.5. The summed E-state index contributed by atoms with van der Waals surface area (Å²) in [6.45, 7) is 3.37. The van der Waals surface area contributed by atoms with Crippen LogP contribution in [-0.2, 0) is 11.2 Å². The van der Waals surface area contributed by atoms with E-state index in [-0.39, 0.29) is 24.8 Å². The summed E-state index contributed by atoms with van der Waals surface area (Å²) in [5.74, 6) is 0.971. The Hall–Kier alpha value is -3.64. The van der Waals surface area contributed by atoms with Gasteiger partial charge in [0.25, 0.3) is 5.91 Å². The predicted octanol–water partition coefficient (Wildman–Crippen LogP) is 4.16. The molecule has 0 fully saturated rings. The maximum atomic E-state index is 12.5. The van der Waals surface area contributed by atoms with Crippen LogP contribution in [0.4, 0.5) is 5.69 Å². The number of anilines is 1. The summed E-state index contributed by atoms with van der Waals surface area (Å²) >= 11 is 0. The summed E-state index contributed by atoms with van der Waals surface area (Å²) in [6.07, 6.45) is 0.195. The van der Waals surface area contributed by atoms with E-state index in [0.29, 0.717) is 17.0 Å². The number of carbonyl (C=O) groups is 2. The minimum absolute atomic E-state index is 0.136. The van der Waals surface area contributed by atoms with Gasteiger partial charge in [0.2, 0.25) is 5.91 Å². The van der Waals surface area contributed by atoms with Crippen molar-refractivity contribution >= 4 is 17.5 Å². The van der Waals surface area contributed by atoms with Crippen molar-refractivity contribution < 1.29 is 19.4 Å². The fourth-order valence-corrected chi connectivity index (χ4v) is 2.85. The highest BCUT2D eigenvalue weighted by Crippen LogP contribution is 2.21. The number of ether oxygens (including phenoxy) is 1. The second-order valence-corrected chi connectivity index (χ2v) is 7.86. The van der Waals surface area contributed by atoms with E-state index in [9.17, 15) is 14.7 Å². The van der Waals surface area contributed by atoms with Crippen molar-refractivity contribution in [2.45, 2.75) is 25.8 Å². The topological polar surface area (TPSA) is 87.7 Å². The summed E-state index contributed by atoms with van der Waals surface area (Å²) in [6, 6.07) is 23.4. The smallest absolute Gasteiger partial charge is 0.255 e. The number of hydrogen-bond acceptors (Lipinski definition) is 4. The number of amides is 2. The Bertz CT molecular complexity index is 1010. The lowest BCUT2D eigenvalue weighted by Crippen LogP contribution is -2.46. The Labute approximate surface area is 181 Å². The Kier molecular flexibility index (Phi) is 7.05. The van der Waals surface area contributed by atoms with Crippen LogP contribution in [-0.4, -0.2) is 29.1 Å². The predicted molar refractivity (Wildman–Crippen MR) is 120 cm³/mol. The van der Waals surface area contributed by atoms with E-state index < -0.39 is 5.54 Å². The zero-order chi connectivity index (χ0) is 22.3. The minimum Gasteiger partial charge on any atom is -0.457 e. The molecule has 0 aromatic heterocycles. The van der Waals surface area contributed by atoms with Crippen LogP contribution in [0.5, 0.6) is 11.5 Å². The van der Waals surface area contributed by atoms with Gasteiger partial charge in [0.15, 0.2) is 0 Å². The van der Waals surface area contributed by atoms with Crippen molar-refractivity contribution in [3.63, 3.8) is 0 Å². The molecule has 3 rings (SSSR count). The van der Waals surface area contributed by atoms with Crippen LogP contribution in [0.15, 0.2) is 78.9 Å². The number of hydrogen-bond donors (Lipinski definition) is 3. The summed E-state index contributed by atoms with van der Waals surface area (Å²) < 4.78 is 5.74. The summed E-state index contributed by atoms with van der Waals surface area (Å²) in [4.78, 5) is 24.6. The lowest BCUT2D eigenvalue weighted by molar-refractivity contribution is -0.122. The van der Waals surface area contributed by atoms with Crippen LogP contribution < -0.4 is 15.4 Å². The lowest BCUT2D eigenvalue weighted by Gasteiger charge is -2.23. The maximum Gasteiger partial charge on any atom is 0.255 e. The second kappa shape index (κ2) is 9.91. The first kappa shape index (κ1) is 22.1. The third kappa shape index (κ3) is 6.69. The van der Waals surface area contributed by atoms with Crippen LogP contribution >= 0.6 is 0 Å². The first-order valence-corrected chi connectivity index (χ1v) is 10.00. The maximum absolute atomic E-state index is 12.5. The molecule has 0 spiro atoms. The van der Waals surface area contributed by atoms with Crippen LogP contribution in [0.3, 0.4) is 0 Å². The fourth-order valence-electron chi connectivity index (χ4n) is 2.85. The lowest BCUT2D eigenvalue weighted by atomic mass is 10.1. The molecule has 0 aliphatic rings. The van der Waals surface area contributed by atoms with E-state index >= 15 is 0 Å². The van der Waals surface area contributed by atoms with Crippen LogP contribution in [0.1, 0.15) is 29.8 Å². The molecule has 0 heterocycles. The Morgan fingerprint density at radius 1 is 0.871 bits per heavy atom. The van der Waals surface area contributed by atoms with E-state index in [0.717, 1.165) is 11.3 Å². The van der Waals surface area contributed by atoms with Gasteiger partial charge in [-0.15, -0.1) is 0 Å². The Morgan fingerprint density at radius 2 is 1.48 bits per heavy atom. The van der Waals surface area contributed by atoms with E-state index in [1.165, 1.54) is 0 Å². The van der Waals surface area contributed by atoms with Crippen LogP contribution in [0, 0.1) is 0 Å². The SMILES string of the molecule is CC(C)(CO)NC(=O)Cc1ccc(NC(=O)c2ccc(Oc3ccccc3)cc2)cc1. The van der Waals surface area contributed by atoms with Gasteiger partial charge in [0.1, 0.15) is 11.5 Å². The van der Waals surface area contributed by atoms with Gasteiger partial charge in [-0.05, 0) is 67.9 Å². The van der Waals surface area contributed by atoms with Gasteiger partial charge in [-0.25, -0.2) is 0 Å². The molecule has 160 valence electrons. The first-order valence-electron chi connectivity index (χ1n) is 10.00. The fraction of sp³-hybridized carbons (Fsp3) is 0.200. The molecule has 6 heteroatoms. The molecule has 0 saturated carbocycles. The highest BCUT2D eigenvalue weighted by molar-refractivity contribution is 6.04. The van der Waals surface area contributed by atoms with Crippen LogP contribution in [0.25, 0.3) is 0 Å². The van der Waals surface area contributed by atoms with Crippen molar-refractivity contribution in [3.8, 4) is 11.5 Å². The van der Waals surface area contributed by atoms with Crippen molar-refractivity contribution in [2.75, 3.05) is 11.9 Å². The van der Waals surface area contributed by atoms with Crippen molar-refractivity contribution in [3.05, 3.63) is 90.0 Å². The molecule has 2 amide bonds. The highest BCUT2D eigenvalue weighted by Gasteiger charge is 2.19. The Balaban J connectivity index is 1.55. The molecule has 0 aliphatic carbocycles. The van der Waals surface area contributed by atoms with Crippen molar-refractivity contribution in [2.24, 2.45) is 0 Å². The van der Waals surface area contributed by atoms with Gasteiger partial charge in [-0.3, -0.25) is 9.59 Å². The monoisotopic (exact) mass is 418 g/mol. The third-order valence-electron chi connectivity index (χ3n) is 4.54. The van der Waals surface area contributed by atoms with Gasteiger partial charge in [-0.2, -0.15) is 0 Å². The zero-order valence-corrected chi connectivity index (χ0v) is 17.6. The van der Waals surface area contributed by atoms with Gasteiger partial charge >= 0.3 is 0 Å². The normalized spacial score (nSPS) is 10.9. The molecule has 0 saturated heterocycles. The van der Waals surface area contributed by atoms with Gasteiger partial charge in [0.05, 0.1) is 18.6 Å². The zero-order valence-electron chi connectivity index (χ0n) is 17.6. The minimum atomic E-state index is -0.660. The number of rotatable bonds is 8. The first-order chi connectivity index (χ1) is 14.8. The molecule has 0 bridgehead atoms. The molecule has 3 N–H and O–H groups in total. The molecular weight excluding hydrogens is 392 g/mol. The molecular formula is C25H26N2O4. The number of benzene rings is 3. The quantitative estimate of drug-likeness (QED) is 0.513.